The van der Waals surface area contributed by atoms with Crippen LogP contribution in [0, 0.1) is 0 Å². The van der Waals surface area contributed by atoms with Crippen LogP contribution in [0.1, 0.15) is 30.5 Å². The van der Waals surface area contributed by atoms with Crippen LogP contribution >= 0.6 is 0 Å². The third-order valence-corrected chi connectivity index (χ3v) is 4.25. The van der Waals surface area contributed by atoms with Crippen molar-refractivity contribution in [2.75, 3.05) is 0 Å². The van der Waals surface area contributed by atoms with E-state index < -0.39 is 5.60 Å². The van der Waals surface area contributed by atoms with Gasteiger partial charge in [-0.3, -0.25) is 0 Å². The molecule has 2 aromatic rings. The summed E-state index contributed by atoms with van der Waals surface area (Å²) in [4.78, 5) is 0. The first-order chi connectivity index (χ1) is 10.8. The summed E-state index contributed by atoms with van der Waals surface area (Å²) in [5.41, 5.74) is 2.33. The van der Waals surface area contributed by atoms with Gasteiger partial charge in [0, 0.05) is 12.5 Å². The summed E-state index contributed by atoms with van der Waals surface area (Å²) < 4.78 is 5.80. The van der Waals surface area contributed by atoms with E-state index in [0.29, 0.717) is 6.42 Å². The number of phenolic OH excluding ortho intramolecular Hbond substituents is 2. The first-order valence-electron chi connectivity index (χ1n) is 7.84. The van der Waals surface area contributed by atoms with E-state index in [1.165, 1.54) is 11.6 Å². The van der Waals surface area contributed by atoms with Crippen molar-refractivity contribution in [3.63, 3.8) is 0 Å². The minimum Gasteiger partial charge on any atom is -0.508 e. The maximum absolute atomic E-state index is 10.1. The van der Waals surface area contributed by atoms with Crippen molar-refractivity contribution >= 4 is 0 Å². The predicted molar refractivity (Wildman–Crippen MR) is 88.0 cm³/mol. The number of fused-ring (bicyclic) bond motifs is 1. The summed E-state index contributed by atoms with van der Waals surface area (Å²) >= 11 is 0. The van der Waals surface area contributed by atoms with Gasteiger partial charge in [-0.05, 0) is 61.6 Å². The zero-order chi connectivity index (χ0) is 16.6. The molecular formula is C19H22O4. The number of benzene rings is 2. The van der Waals surface area contributed by atoms with Crippen LogP contribution in [0.4, 0.5) is 0 Å². The van der Waals surface area contributed by atoms with E-state index in [4.69, 9.17) is 4.74 Å². The molecule has 1 aliphatic rings. The standard InChI is InChI=1S/C19H22O4/c1-19(2,22)18-10-14-7-12(5-6-17(14)23-18)3-4-13-8-15(20)11-16(21)9-13/h5-9,11,18,20-22H,3-4,10H2,1-2H3. The maximum atomic E-state index is 10.1. The lowest BCUT2D eigenvalue weighted by Crippen LogP contribution is -2.39. The molecule has 1 heterocycles. The van der Waals surface area contributed by atoms with Gasteiger partial charge in [-0.2, -0.15) is 0 Å². The lowest BCUT2D eigenvalue weighted by atomic mass is 9.95. The molecule has 0 saturated carbocycles. The first kappa shape index (κ1) is 15.7. The average molecular weight is 314 g/mol. The molecular weight excluding hydrogens is 292 g/mol. The second kappa shape index (κ2) is 5.78. The van der Waals surface area contributed by atoms with Gasteiger partial charge in [0.2, 0.25) is 0 Å². The number of aliphatic hydroxyl groups is 1. The second-order valence-electron chi connectivity index (χ2n) is 6.76. The maximum Gasteiger partial charge on any atom is 0.131 e. The van der Waals surface area contributed by atoms with Crippen molar-refractivity contribution in [2.24, 2.45) is 0 Å². The summed E-state index contributed by atoms with van der Waals surface area (Å²) in [5, 5.41) is 29.1. The molecule has 3 N–H and O–H groups in total. The number of hydrogen-bond acceptors (Lipinski definition) is 4. The Balaban J connectivity index is 1.69. The number of ether oxygens (including phenoxy) is 1. The van der Waals surface area contributed by atoms with Crippen LogP contribution < -0.4 is 4.74 Å². The fourth-order valence-corrected chi connectivity index (χ4v) is 2.94. The molecule has 1 atom stereocenters. The van der Waals surface area contributed by atoms with Crippen LogP contribution in [-0.4, -0.2) is 27.0 Å². The minimum absolute atomic E-state index is 0.0790. The fraction of sp³-hybridized carbons (Fsp3) is 0.368. The number of phenols is 2. The number of hydrogen-bond donors (Lipinski definition) is 3. The quantitative estimate of drug-likeness (QED) is 0.811. The molecule has 4 nitrogen and oxygen atoms in total. The Bertz CT molecular complexity index is 696. The molecule has 4 heteroatoms. The Hall–Kier alpha value is -2.20. The molecule has 0 fully saturated rings. The molecule has 2 aromatic carbocycles. The molecule has 1 aliphatic heterocycles. The van der Waals surface area contributed by atoms with Gasteiger partial charge < -0.3 is 20.1 Å². The van der Waals surface area contributed by atoms with Gasteiger partial charge in [-0.1, -0.05) is 12.1 Å². The summed E-state index contributed by atoms with van der Waals surface area (Å²) in [6.45, 7) is 3.53. The van der Waals surface area contributed by atoms with Crippen molar-refractivity contribution in [2.45, 2.75) is 44.8 Å². The molecule has 23 heavy (non-hydrogen) atoms. The Kier molecular flexibility index (Phi) is 3.94. The predicted octanol–water partition coefficient (Wildman–Crippen LogP) is 2.96. The molecule has 122 valence electrons. The van der Waals surface area contributed by atoms with Gasteiger partial charge in [0.25, 0.3) is 0 Å². The van der Waals surface area contributed by atoms with Crippen LogP contribution in [-0.2, 0) is 19.3 Å². The van der Waals surface area contributed by atoms with E-state index in [1.54, 1.807) is 26.0 Å². The van der Waals surface area contributed by atoms with E-state index >= 15 is 0 Å². The second-order valence-corrected chi connectivity index (χ2v) is 6.76. The van der Waals surface area contributed by atoms with Crippen molar-refractivity contribution in [1.29, 1.82) is 0 Å². The molecule has 0 aliphatic carbocycles. The Labute approximate surface area is 136 Å². The fourth-order valence-electron chi connectivity index (χ4n) is 2.94. The lowest BCUT2D eigenvalue weighted by Gasteiger charge is -2.24. The van der Waals surface area contributed by atoms with Crippen LogP contribution in [0.25, 0.3) is 0 Å². The molecule has 0 saturated heterocycles. The Morgan fingerprint density at radius 2 is 1.65 bits per heavy atom. The topological polar surface area (TPSA) is 69.9 Å². The molecule has 3 rings (SSSR count). The zero-order valence-electron chi connectivity index (χ0n) is 13.4. The highest BCUT2D eigenvalue weighted by Gasteiger charge is 2.34. The van der Waals surface area contributed by atoms with Gasteiger partial charge in [-0.15, -0.1) is 0 Å². The van der Waals surface area contributed by atoms with E-state index in [-0.39, 0.29) is 17.6 Å². The monoisotopic (exact) mass is 314 g/mol. The SMILES string of the molecule is CC(C)(O)C1Cc2cc(CCc3cc(O)cc(O)c3)ccc2O1. The van der Waals surface area contributed by atoms with Crippen molar-refractivity contribution in [3.05, 3.63) is 53.1 Å². The Morgan fingerprint density at radius 1 is 1.00 bits per heavy atom. The summed E-state index contributed by atoms with van der Waals surface area (Å²) in [5.74, 6) is 1.00. The highest BCUT2D eigenvalue weighted by Crippen LogP contribution is 2.34. The Morgan fingerprint density at radius 3 is 2.30 bits per heavy atom. The van der Waals surface area contributed by atoms with E-state index in [1.807, 2.05) is 12.1 Å². The molecule has 0 aromatic heterocycles. The first-order valence-corrected chi connectivity index (χ1v) is 7.84. The van der Waals surface area contributed by atoms with Gasteiger partial charge in [-0.25, -0.2) is 0 Å². The van der Waals surface area contributed by atoms with E-state index in [9.17, 15) is 15.3 Å². The average Bonchev–Trinajstić information content (AvgIpc) is 2.87. The smallest absolute Gasteiger partial charge is 0.131 e. The highest BCUT2D eigenvalue weighted by molar-refractivity contribution is 5.42. The van der Waals surface area contributed by atoms with Gasteiger partial charge in [0.05, 0.1) is 5.60 Å². The largest absolute Gasteiger partial charge is 0.508 e. The van der Waals surface area contributed by atoms with E-state index in [0.717, 1.165) is 29.7 Å². The van der Waals surface area contributed by atoms with Crippen LogP contribution in [0.5, 0.6) is 17.2 Å². The normalized spacial score (nSPS) is 16.9. The molecule has 0 bridgehead atoms. The van der Waals surface area contributed by atoms with Crippen molar-refractivity contribution in [3.8, 4) is 17.2 Å². The third kappa shape index (κ3) is 3.59. The third-order valence-electron chi connectivity index (χ3n) is 4.25. The summed E-state index contributed by atoms with van der Waals surface area (Å²) in [7, 11) is 0. The van der Waals surface area contributed by atoms with Crippen LogP contribution in [0.15, 0.2) is 36.4 Å². The number of rotatable bonds is 4. The number of aryl methyl sites for hydroxylation is 2. The van der Waals surface area contributed by atoms with Crippen LogP contribution in [0.3, 0.4) is 0 Å². The van der Waals surface area contributed by atoms with Crippen molar-refractivity contribution < 1.29 is 20.1 Å². The van der Waals surface area contributed by atoms with E-state index in [2.05, 4.69) is 6.07 Å². The summed E-state index contributed by atoms with van der Waals surface area (Å²) in [6.07, 6.45) is 2.04. The number of aromatic hydroxyl groups is 2. The highest BCUT2D eigenvalue weighted by atomic mass is 16.5. The molecule has 0 spiro atoms. The molecule has 0 amide bonds. The van der Waals surface area contributed by atoms with Crippen LogP contribution in [0.2, 0.25) is 0 Å². The summed E-state index contributed by atoms with van der Waals surface area (Å²) in [6, 6.07) is 10.8. The van der Waals surface area contributed by atoms with Gasteiger partial charge in [0.1, 0.15) is 23.4 Å². The molecule has 1 unspecified atom stereocenters. The zero-order valence-corrected chi connectivity index (χ0v) is 13.4. The van der Waals surface area contributed by atoms with Gasteiger partial charge >= 0.3 is 0 Å². The van der Waals surface area contributed by atoms with Crippen molar-refractivity contribution in [1.82, 2.24) is 0 Å². The lowest BCUT2D eigenvalue weighted by molar-refractivity contribution is -0.0229. The minimum atomic E-state index is -0.863. The van der Waals surface area contributed by atoms with Gasteiger partial charge in [0.15, 0.2) is 0 Å². The molecule has 0 radical (unpaired) electrons.